The summed E-state index contributed by atoms with van der Waals surface area (Å²) in [5.74, 6) is 1.36. The number of halogens is 1. The molecule has 1 saturated heterocycles. The maximum Gasteiger partial charge on any atom is 0.323 e. The average molecular weight is 464 g/mol. The molecule has 1 aliphatic rings. The van der Waals surface area contributed by atoms with E-state index in [0.29, 0.717) is 35.6 Å². The van der Waals surface area contributed by atoms with Gasteiger partial charge in [0.15, 0.2) is 5.82 Å². The number of urea groups is 1. The van der Waals surface area contributed by atoms with Crippen LogP contribution in [-0.2, 0) is 4.74 Å². The fourth-order valence-electron chi connectivity index (χ4n) is 3.75. The van der Waals surface area contributed by atoms with Gasteiger partial charge in [0.2, 0.25) is 0 Å². The number of nitrogens with one attached hydrogen (secondary N) is 3. The number of anilines is 3. The molecule has 0 aliphatic carbocycles. The van der Waals surface area contributed by atoms with Gasteiger partial charge in [0.25, 0.3) is 0 Å². The largest absolute Gasteiger partial charge is 0.378 e. The fraction of sp³-hybridized carbons (Fsp3) is 0.217. The molecule has 2 aromatic carbocycles. The van der Waals surface area contributed by atoms with Crippen LogP contribution >= 0.6 is 11.6 Å². The van der Waals surface area contributed by atoms with Crippen molar-refractivity contribution < 1.29 is 9.53 Å². The summed E-state index contributed by atoms with van der Waals surface area (Å²) in [7, 11) is 0. The third-order valence-corrected chi connectivity index (χ3v) is 5.87. The van der Waals surface area contributed by atoms with Crippen molar-refractivity contribution >= 4 is 45.7 Å². The number of aromatic nitrogens is 4. The van der Waals surface area contributed by atoms with Gasteiger partial charge in [-0.3, -0.25) is 5.10 Å². The molecule has 2 aromatic heterocycles. The summed E-state index contributed by atoms with van der Waals surface area (Å²) in [5, 5.41) is 13.9. The second-order valence-corrected chi connectivity index (χ2v) is 8.04. The highest BCUT2D eigenvalue weighted by molar-refractivity contribution is 6.30. The molecule has 9 nitrogen and oxygen atoms in total. The Morgan fingerprint density at radius 2 is 1.88 bits per heavy atom. The summed E-state index contributed by atoms with van der Waals surface area (Å²) in [5.41, 5.74) is 3.83. The van der Waals surface area contributed by atoms with Gasteiger partial charge in [0.05, 0.1) is 30.6 Å². The number of ether oxygens (including phenoxy) is 1. The molecule has 0 radical (unpaired) electrons. The van der Waals surface area contributed by atoms with E-state index in [-0.39, 0.29) is 6.03 Å². The number of morpholine rings is 1. The first kappa shape index (κ1) is 21.2. The molecule has 0 bridgehead atoms. The quantitative estimate of drug-likeness (QED) is 0.385. The minimum atomic E-state index is -0.347. The predicted octanol–water partition coefficient (Wildman–Crippen LogP) is 4.46. The Morgan fingerprint density at radius 1 is 1.09 bits per heavy atom. The van der Waals surface area contributed by atoms with Crippen molar-refractivity contribution in [1.82, 2.24) is 20.2 Å². The lowest BCUT2D eigenvalue weighted by Gasteiger charge is -2.29. The lowest BCUT2D eigenvalue weighted by Crippen LogP contribution is -2.37. The van der Waals surface area contributed by atoms with Crippen molar-refractivity contribution in [2.75, 3.05) is 41.8 Å². The van der Waals surface area contributed by atoms with Crippen molar-refractivity contribution in [3.05, 3.63) is 59.4 Å². The van der Waals surface area contributed by atoms with Crippen LogP contribution in [0.25, 0.3) is 22.3 Å². The molecule has 0 unspecified atom stereocenters. The van der Waals surface area contributed by atoms with Crippen molar-refractivity contribution in [3.8, 4) is 11.4 Å². The van der Waals surface area contributed by atoms with Crippen LogP contribution in [0.4, 0.5) is 22.0 Å². The van der Waals surface area contributed by atoms with Gasteiger partial charge >= 0.3 is 6.03 Å². The Hall–Kier alpha value is -3.69. The zero-order valence-electron chi connectivity index (χ0n) is 17.9. The van der Waals surface area contributed by atoms with Gasteiger partial charge < -0.3 is 20.3 Å². The molecule has 3 heterocycles. The van der Waals surface area contributed by atoms with Crippen LogP contribution in [0, 0.1) is 6.92 Å². The van der Waals surface area contributed by atoms with Crippen LogP contribution in [0.2, 0.25) is 5.15 Å². The molecule has 33 heavy (non-hydrogen) atoms. The highest BCUT2D eigenvalue weighted by Crippen LogP contribution is 2.28. The van der Waals surface area contributed by atoms with Crippen LogP contribution < -0.4 is 15.5 Å². The topological polar surface area (TPSA) is 108 Å². The summed E-state index contributed by atoms with van der Waals surface area (Å²) in [6.07, 6.45) is 1.68. The molecule has 168 valence electrons. The summed E-state index contributed by atoms with van der Waals surface area (Å²) >= 11 is 6.42. The molecule has 4 aromatic rings. The van der Waals surface area contributed by atoms with Crippen LogP contribution in [0.15, 0.2) is 48.7 Å². The van der Waals surface area contributed by atoms with Gasteiger partial charge in [0.1, 0.15) is 11.0 Å². The number of rotatable bonds is 4. The number of amides is 2. The van der Waals surface area contributed by atoms with Gasteiger partial charge in [-0.25, -0.2) is 14.8 Å². The number of carbonyl (C=O) groups excluding carboxylic acids is 1. The van der Waals surface area contributed by atoms with Gasteiger partial charge in [-0.15, -0.1) is 0 Å². The SMILES string of the molecule is Cc1c(Cl)nc(-c2ccc(NC(=O)Nc3cccc4[nH]ncc34)cc2)nc1N1CCOCC1. The summed E-state index contributed by atoms with van der Waals surface area (Å²) < 4.78 is 5.44. The number of hydrogen-bond donors (Lipinski definition) is 3. The first-order valence-electron chi connectivity index (χ1n) is 10.6. The monoisotopic (exact) mass is 463 g/mol. The van der Waals surface area contributed by atoms with Gasteiger partial charge in [-0.05, 0) is 43.3 Å². The number of benzene rings is 2. The molecule has 1 aliphatic heterocycles. The number of carbonyl (C=O) groups is 1. The molecule has 0 saturated carbocycles. The molecular weight excluding hydrogens is 442 g/mol. The van der Waals surface area contributed by atoms with Crippen molar-refractivity contribution in [2.45, 2.75) is 6.92 Å². The Bertz CT molecular complexity index is 1300. The van der Waals surface area contributed by atoms with E-state index in [9.17, 15) is 4.79 Å². The molecule has 10 heteroatoms. The second-order valence-electron chi connectivity index (χ2n) is 7.68. The van der Waals surface area contributed by atoms with E-state index < -0.39 is 0 Å². The van der Waals surface area contributed by atoms with Gasteiger partial charge in [0, 0.05) is 35.3 Å². The maximum atomic E-state index is 12.5. The zero-order valence-corrected chi connectivity index (χ0v) is 18.7. The summed E-state index contributed by atoms with van der Waals surface area (Å²) in [6, 6.07) is 12.5. The van der Waals surface area contributed by atoms with E-state index in [4.69, 9.17) is 21.3 Å². The van der Waals surface area contributed by atoms with Crippen LogP contribution in [0.1, 0.15) is 5.56 Å². The minimum absolute atomic E-state index is 0.347. The lowest BCUT2D eigenvalue weighted by atomic mass is 10.2. The normalized spacial score (nSPS) is 13.8. The predicted molar refractivity (Wildman–Crippen MR) is 129 cm³/mol. The van der Waals surface area contributed by atoms with E-state index in [0.717, 1.165) is 40.9 Å². The smallest absolute Gasteiger partial charge is 0.323 e. The lowest BCUT2D eigenvalue weighted by molar-refractivity contribution is 0.122. The minimum Gasteiger partial charge on any atom is -0.378 e. The number of fused-ring (bicyclic) bond motifs is 1. The Morgan fingerprint density at radius 3 is 2.67 bits per heavy atom. The standard InChI is InChI=1S/C23H22ClN7O2/c1-14-20(24)28-21(29-22(14)31-9-11-33-12-10-31)15-5-7-16(8-6-15)26-23(32)27-18-3-2-4-19-17(18)13-25-30-19/h2-8,13H,9-12H2,1H3,(H,25,30)(H2,26,27,32). The van der Waals surface area contributed by atoms with E-state index in [1.165, 1.54) is 0 Å². The van der Waals surface area contributed by atoms with Gasteiger partial charge in [-0.2, -0.15) is 5.10 Å². The molecular formula is C23H22ClN7O2. The number of hydrogen-bond acceptors (Lipinski definition) is 6. The van der Waals surface area contributed by atoms with Crippen LogP contribution in [-0.4, -0.2) is 52.5 Å². The van der Waals surface area contributed by atoms with Crippen LogP contribution in [0.5, 0.6) is 0 Å². The number of H-pyrrole nitrogens is 1. The molecule has 0 spiro atoms. The molecule has 5 rings (SSSR count). The maximum absolute atomic E-state index is 12.5. The second kappa shape index (κ2) is 9.05. The highest BCUT2D eigenvalue weighted by atomic mass is 35.5. The highest BCUT2D eigenvalue weighted by Gasteiger charge is 2.19. The third-order valence-electron chi connectivity index (χ3n) is 5.51. The summed E-state index contributed by atoms with van der Waals surface area (Å²) in [6.45, 7) is 4.77. The van der Waals surface area contributed by atoms with Crippen LogP contribution in [0.3, 0.4) is 0 Å². The first-order chi connectivity index (χ1) is 16.1. The number of aromatic amines is 1. The number of nitrogens with zero attached hydrogens (tertiary/aromatic N) is 4. The molecule has 0 atom stereocenters. The molecule has 3 N–H and O–H groups in total. The Balaban J connectivity index is 1.32. The van der Waals surface area contributed by atoms with E-state index in [2.05, 4.69) is 30.7 Å². The van der Waals surface area contributed by atoms with Crippen molar-refractivity contribution in [1.29, 1.82) is 0 Å². The fourth-order valence-corrected chi connectivity index (χ4v) is 3.92. The van der Waals surface area contributed by atoms with Crippen molar-refractivity contribution in [2.24, 2.45) is 0 Å². The van der Waals surface area contributed by atoms with E-state index in [1.807, 2.05) is 37.3 Å². The summed E-state index contributed by atoms with van der Waals surface area (Å²) in [4.78, 5) is 23.9. The first-order valence-corrected chi connectivity index (χ1v) is 10.9. The van der Waals surface area contributed by atoms with Gasteiger partial charge in [-0.1, -0.05) is 17.7 Å². The molecule has 2 amide bonds. The zero-order chi connectivity index (χ0) is 22.8. The van der Waals surface area contributed by atoms with E-state index >= 15 is 0 Å². The third kappa shape index (κ3) is 4.46. The molecule has 1 fully saturated rings. The Labute approximate surface area is 195 Å². The van der Waals surface area contributed by atoms with Crippen molar-refractivity contribution in [3.63, 3.8) is 0 Å². The van der Waals surface area contributed by atoms with E-state index in [1.54, 1.807) is 18.3 Å². The average Bonchev–Trinajstić information content (AvgIpc) is 3.32. The Kier molecular flexibility index (Phi) is 5.80.